The lowest BCUT2D eigenvalue weighted by molar-refractivity contribution is 0.00200. The minimum atomic E-state index is 0.0432. The molecule has 0 bridgehead atoms. The van der Waals surface area contributed by atoms with Crippen LogP contribution in [0.15, 0.2) is 34.2 Å². The molecule has 0 N–H and O–H groups in total. The molecule has 1 aliphatic rings. The predicted molar refractivity (Wildman–Crippen MR) is 113 cm³/mol. The maximum absolute atomic E-state index is 13.6. The van der Waals surface area contributed by atoms with Crippen LogP contribution < -0.4 is 5.56 Å². The highest BCUT2D eigenvalue weighted by Crippen LogP contribution is 2.36. The van der Waals surface area contributed by atoms with Crippen molar-refractivity contribution in [3.8, 4) is 5.69 Å². The largest absolute Gasteiger partial charge is 0.372 e. The van der Waals surface area contributed by atoms with E-state index in [-0.39, 0.29) is 11.7 Å². The summed E-state index contributed by atoms with van der Waals surface area (Å²) in [5.74, 6) is 1.29. The third-order valence-electron chi connectivity index (χ3n) is 5.02. The van der Waals surface area contributed by atoms with Gasteiger partial charge >= 0.3 is 0 Å². The molecule has 0 amide bonds. The molecule has 0 radical (unpaired) electrons. The lowest BCUT2D eigenvalue weighted by Gasteiger charge is -2.26. The van der Waals surface area contributed by atoms with Gasteiger partial charge in [0.15, 0.2) is 5.16 Å². The molecular weight excluding hydrogens is 376 g/mol. The fourth-order valence-electron chi connectivity index (χ4n) is 3.48. The van der Waals surface area contributed by atoms with E-state index in [1.807, 2.05) is 24.3 Å². The molecule has 1 atom stereocenters. The van der Waals surface area contributed by atoms with E-state index in [9.17, 15) is 4.79 Å². The van der Waals surface area contributed by atoms with Crippen molar-refractivity contribution < 1.29 is 4.74 Å². The van der Waals surface area contributed by atoms with E-state index in [4.69, 9.17) is 9.72 Å². The van der Waals surface area contributed by atoms with E-state index in [1.165, 1.54) is 5.56 Å². The first kappa shape index (κ1) is 18.7. The molecule has 27 heavy (non-hydrogen) atoms. The minimum absolute atomic E-state index is 0.0432. The topological polar surface area (TPSA) is 44.1 Å². The van der Waals surface area contributed by atoms with Crippen LogP contribution in [0.3, 0.4) is 0 Å². The van der Waals surface area contributed by atoms with Crippen LogP contribution in [0.4, 0.5) is 0 Å². The number of aromatic nitrogens is 2. The second kappa shape index (κ2) is 7.41. The molecule has 0 aliphatic carbocycles. The zero-order valence-corrected chi connectivity index (χ0v) is 17.7. The summed E-state index contributed by atoms with van der Waals surface area (Å²) in [6.07, 6.45) is 0.949. The predicted octanol–water partition coefficient (Wildman–Crippen LogP) is 4.96. The Bertz CT molecular complexity index is 1040. The molecule has 4 nitrogen and oxygen atoms in total. The molecule has 0 saturated heterocycles. The maximum Gasteiger partial charge on any atom is 0.267 e. The van der Waals surface area contributed by atoms with Crippen molar-refractivity contribution in [2.24, 2.45) is 5.92 Å². The van der Waals surface area contributed by atoms with Gasteiger partial charge in [0, 0.05) is 11.3 Å². The van der Waals surface area contributed by atoms with Gasteiger partial charge in [0.05, 0.1) is 23.8 Å². The average Bonchev–Trinajstić information content (AvgIpc) is 3.01. The minimum Gasteiger partial charge on any atom is -0.372 e. The maximum atomic E-state index is 13.6. The van der Waals surface area contributed by atoms with Crippen LogP contribution >= 0.6 is 23.1 Å². The third-order valence-corrected chi connectivity index (χ3v) is 6.94. The van der Waals surface area contributed by atoms with E-state index < -0.39 is 0 Å². The molecule has 0 unspecified atom stereocenters. The Balaban J connectivity index is 1.95. The number of ether oxygens (including phenoxy) is 1. The number of nitrogens with zero attached hydrogens (tertiary/aromatic N) is 2. The number of aryl methyl sites for hydroxylation is 1. The van der Waals surface area contributed by atoms with Crippen molar-refractivity contribution >= 4 is 33.3 Å². The Kier molecular flexibility index (Phi) is 5.14. The van der Waals surface area contributed by atoms with Gasteiger partial charge in [0.2, 0.25) is 0 Å². The zero-order chi connectivity index (χ0) is 19.1. The van der Waals surface area contributed by atoms with Crippen molar-refractivity contribution in [2.75, 3.05) is 5.75 Å². The quantitative estimate of drug-likeness (QED) is 0.458. The molecule has 0 saturated carbocycles. The van der Waals surface area contributed by atoms with Gasteiger partial charge in [0.25, 0.3) is 5.56 Å². The molecule has 3 heterocycles. The van der Waals surface area contributed by atoms with Crippen molar-refractivity contribution in [3.63, 3.8) is 0 Å². The lowest BCUT2D eigenvalue weighted by Crippen LogP contribution is -2.28. The van der Waals surface area contributed by atoms with E-state index in [1.54, 1.807) is 27.7 Å². The van der Waals surface area contributed by atoms with E-state index in [0.717, 1.165) is 43.7 Å². The van der Waals surface area contributed by atoms with E-state index in [0.29, 0.717) is 12.5 Å². The van der Waals surface area contributed by atoms with Crippen molar-refractivity contribution in [1.82, 2.24) is 9.55 Å². The molecule has 1 aliphatic heterocycles. The summed E-state index contributed by atoms with van der Waals surface area (Å²) < 4.78 is 7.79. The van der Waals surface area contributed by atoms with Crippen molar-refractivity contribution in [3.05, 3.63) is 50.6 Å². The summed E-state index contributed by atoms with van der Waals surface area (Å²) >= 11 is 3.22. The van der Waals surface area contributed by atoms with Gasteiger partial charge in [-0.3, -0.25) is 9.36 Å². The van der Waals surface area contributed by atoms with Gasteiger partial charge in [-0.2, -0.15) is 0 Å². The zero-order valence-electron chi connectivity index (χ0n) is 16.1. The summed E-state index contributed by atoms with van der Waals surface area (Å²) in [6, 6.07) is 8.09. The van der Waals surface area contributed by atoms with Crippen LogP contribution in [0.25, 0.3) is 15.9 Å². The van der Waals surface area contributed by atoms with Gasteiger partial charge in [-0.25, -0.2) is 4.98 Å². The summed E-state index contributed by atoms with van der Waals surface area (Å²) in [6.45, 7) is 9.06. The molecule has 6 heteroatoms. The van der Waals surface area contributed by atoms with Crippen LogP contribution in [-0.4, -0.2) is 21.4 Å². The first-order valence-corrected chi connectivity index (χ1v) is 11.2. The number of benzene rings is 1. The van der Waals surface area contributed by atoms with Gasteiger partial charge in [-0.15, -0.1) is 11.3 Å². The first-order valence-electron chi connectivity index (χ1n) is 9.38. The smallest absolute Gasteiger partial charge is 0.267 e. The summed E-state index contributed by atoms with van der Waals surface area (Å²) in [4.78, 5) is 20.5. The highest BCUT2D eigenvalue weighted by Gasteiger charge is 2.28. The monoisotopic (exact) mass is 400 g/mol. The van der Waals surface area contributed by atoms with Crippen LogP contribution in [-0.2, 0) is 17.8 Å². The Labute approximate surface area is 167 Å². The fourth-order valence-corrected chi connectivity index (χ4v) is 5.39. The number of fused-ring (bicyclic) bond motifs is 3. The fraction of sp³-hybridized carbons (Fsp3) is 0.429. The molecular formula is C21H24N2O2S2. The molecule has 4 rings (SSSR count). The second-order valence-electron chi connectivity index (χ2n) is 7.29. The molecule has 0 spiro atoms. The summed E-state index contributed by atoms with van der Waals surface area (Å²) in [5.41, 5.74) is 3.24. The van der Waals surface area contributed by atoms with Crippen molar-refractivity contribution in [2.45, 2.75) is 52.0 Å². The summed E-state index contributed by atoms with van der Waals surface area (Å²) in [7, 11) is 0. The Hall–Kier alpha value is -1.63. The number of hydrogen-bond donors (Lipinski definition) is 0. The number of hydrogen-bond acceptors (Lipinski definition) is 5. The Morgan fingerprint density at radius 1 is 1.33 bits per heavy atom. The number of thioether (sulfide) groups is 1. The molecule has 3 aromatic rings. The van der Waals surface area contributed by atoms with Crippen LogP contribution in [0.5, 0.6) is 0 Å². The van der Waals surface area contributed by atoms with Crippen LogP contribution in [0, 0.1) is 12.8 Å². The highest BCUT2D eigenvalue weighted by atomic mass is 32.2. The normalized spacial score (nSPS) is 16.9. The van der Waals surface area contributed by atoms with Gasteiger partial charge < -0.3 is 4.74 Å². The van der Waals surface area contributed by atoms with Crippen LogP contribution in [0.2, 0.25) is 0 Å². The molecule has 142 valence electrons. The van der Waals surface area contributed by atoms with Gasteiger partial charge in [0.1, 0.15) is 4.83 Å². The Morgan fingerprint density at radius 2 is 2.07 bits per heavy atom. The molecule has 0 fully saturated rings. The van der Waals surface area contributed by atoms with E-state index in [2.05, 4.69) is 27.7 Å². The molecule has 2 aromatic heterocycles. The highest BCUT2D eigenvalue weighted by molar-refractivity contribution is 7.99. The SMILES string of the molecule is CCSc1nc2sc3c(c2c(=O)n1-c1ccc(C)cc1)C[C@@H](C(C)C)OC3. The summed E-state index contributed by atoms with van der Waals surface area (Å²) in [5, 5.41) is 1.55. The average molecular weight is 401 g/mol. The van der Waals surface area contributed by atoms with E-state index >= 15 is 0 Å². The molecule has 1 aromatic carbocycles. The Morgan fingerprint density at radius 3 is 2.74 bits per heavy atom. The van der Waals surface area contributed by atoms with Crippen LogP contribution in [0.1, 0.15) is 36.8 Å². The lowest BCUT2D eigenvalue weighted by atomic mass is 9.96. The van der Waals surface area contributed by atoms with Gasteiger partial charge in [-0.1, -0.05) is 50.2 Å². The second-order valence-corrected chi connectivity index (χ2v) is 9.60. The number of rotatable bonds is 4. The first-order chi connectivity index (χ1) is 13.0. The number of thiophene rings is 1. The van der Waals surface area contributed by atoms with Gasteiger partial charge in [-0.05, 0) is 36.3 Å². The van der Waals surface area contributed by atoms with Crippen molar-refractivity contribution in [1.29, 1.82) is 0 Å². The standard InChI is InChI=1S/C21H24N2O2S2/c1-5-26-21-22-19-18(15-10-16(12(2)3)25-11-17(15)27-19)20(24)23(21)14-8-6-13(4)7-9-14/h6-9,12,16H,5,10-11H2,1-4H3/t16-/m0/s1. The third kappa shape index (κ3) is 3.35.